The average Bonchev–Trinajstić information content (AvgIpc) is 2.71. The van der Waals surface area contributed by atoms with E-state index in [4.69, 9.17) is 14.2 Å². The molecule has 4 nitrogen and oxygen atoms in total. The molecule has 0 radical (unpaired) electrons. The Bertz CT molecular complexity index is 859. The number of ether oxygens (including phenoxy) is 3. The zero-order chi connectivity index (χ0) is 18.2. The van der Waals surface area contributed by atoms with Gasteiger partial charge >= 0.3 is 0 Å². The molecule has 0 bridgehead atoms. The first kappa shape index (κ1) is 17.5. The minimum atomic E-state index is 0.374. The molecular weight excluding hydrogens is 328 g/mol. The van der Waals surface area contributed by atoms with E-state index >= 15 is 0 Å². The van der Waals surface area contributed by atoms with Crippen LogP contribution in [-0.2, 0) is 13.2 Å². The summed E-state index contributed by atoms with van der Waals surface area (Å²) in [4.78, 5) is 10.9. The number of hydrogen-bond acceptors (Lipinski definition) is 4. The SMILES string of the molecule is COc1cc(C=O)ccc1OCc1cccc(OCc2ccccc2)c1. The maximum absolute atomic E-state index is 10.9. The topological polar surface area (TPSA) is 44.8 Å². The molecular formula is C22H20O4. The smallest absolute Gasteiger partial charge is 0.161 e. The van der Waals surface area contributed by atoms with E-state index in [9.17, 15) is 4.79 Å². The van der Waals surface area contributed by atoms with Gasteiger partial charge in [0.05, 0.1) is 7.11 Å². The van der Waals surface area contributed by atoms with Gasteiger partial charge in [-0.2, -0.15) is 0 Å². The van der Waals surface area contributed by atoms with E-state index in [0.717, 1.165) is 23.2 Å². The van der Waals surface area contributed by atoms with Gasteiger partial charge in [-0.15, -0.1) is 0 Å². The van der Waals surface area contributed by atoms with Gasteiger partial charge in [0.2, 0.25) is 0 Å². The molecule has 0 saturated carbocycles. The Labute approximate surface area is 153 Å². The van der Waals surface area contributed by atoms with Crippen molar-refractivity contribution in [3.8, 4) is 17.2 Å². The summed E-state index contributed by atoms with van der Waals surface area (Å²) in [6, 6.07) is 22.9. The number of carbonyl (C=O) groups is 1. The third-order valence-corrected chi connectivity index (χ3v) is 3.86. The third-order valence-electron chi connectivity index (χ3n) is 3.86. The van der Waals surface area contributed by atoms with Crippen LogP contribution >= 0.6 is 0 Å². The van der Waals surface area contributed by atoms with Gasteiger partial charge in [-0.1, -0.05) is 42.5 Å². The molecule has 3 aromatic carbocycles. The maximum Gasteiger partial charge on any atom is 0.161 e. The fourth-order valence-electron chi connectivity index (χ4n) is 2.50. The Balaban J connectivity index is 1.63. The Hall–Kier alpha value is -3.27. The van der Waals surface area contributed by atoms with Crippen molar-refractivity contribution in [2.75, 3.05) is 7.11 Å². The molecule has 0 atom stereocenters. The van der Waals surface area contributed by atoms with Crippen LogP contribution in [0.2, 0.25) is 0 Å². The molecule has 3 rings (SSSR count). The molecule has 132 valence electrons. The highest BCUT2D eigenvalue weighted by atomic mass is 16.5. The fourth-order valence-corrected chi connectivity index (χ4v) is 2.50. The van der Waals surface area contributed by atoms with Crippen molar-refractivity contribution in [1.29, 1.82) is 0 Å². The Morgan fingerprint density at radius 3 is 2.31 bits per heavy atom. The first-order chi connectivity index (χ1) is 12.8. The maximum atomic E-state index is 10.9. The summed E-state index contributed by atoms with van der Waals surface area (Å²) in [7, 11) is 1.55. The molecule has 0 N–H and O–H groups in total. The highest BCUT2D eigenvalue weighted by molar-refractivity contribution is 5.76. The van der Waals surface area contributed by atoms with Crippen molar-refractivity contribution in [2.45, 2.75) is 13.2 Å². The Morgan fingerprint density at radius 2 is 1.54 bits per heavy atom. The molecule has 0 spiro atoms. The average molecular weight is 348 g/mol. The van der Waals surface area contributed by atoms with E-state index in [-0.39, 0.29) is 0 Å². The molecule has 0 aliphatic heterocycles. The predicted molar refractivity (Wildman–Crippen MR) is 99.9 cm³/mol. The van der Waals surface area contributed by atoms with Crippen LogP contribution < -0.4 is 14.2 Å². The quantitative estimate of drug-likeness (QED) is 0.555. The lowest BCUT2D eigenvalue weighted by Crippen LogP contribution is -2.00. The second-order valence-corrected chi connectivity index (χ2v) is 5.74. The number of rotatable bonds is 8. The molecule has 26 heavy (non-hydrogen) atoms. The zero-order valence-electron chi connectivity index (χ0n) is 14.6. The fraction of sp³-hybridized carbons (Fsp3) is 0.136. The second kappa shape index (κ2) is 8.72. The van der Waals surface area contributed by atoms with Crippen molar-refractivity contribution in [2.24, 2.45) is 0 Å². The van der Waals surface area contributed by atoms with E-state index in [2.05, 4.69) is 0 Å². The van der Waals surface area contributed by atoms with Crippen molar-refractivity contribution >= 4 is 6.29 Å². The zero-order valence-corrected chi connectivity index (χ0v) is 14.6. The van der Waals surface area contributed by atoms with Crippen LogP contribution in [-0.4, -0.2) is 13.4 Å². The standard InChI is InChI=1S/C22H20O4/c1-24-22-13-18(14-23)10-11-21(22)26-16-19-8-5-9-20(12-19)25-15-17-6-3-2-4-7-17/h2-14H,15-16H2,1H3. The lowest BCUT2D eigenvalue weighted by Gasteiger charge is -2.12. The molecule has 0 aliphatic carbocycles. The number of aldehydes is 1. The van der Waals surface area contributed by atoms with E-state index < -0.39 is 0 Å². The van der Waals surface area contributed by atoms with Crippen molar-refractivity contribution in [1.82, 2.24) is 0 Å². The Morgan fingerprint density at radius 1 is 0.769 bits per heavy atom. The highest BCUT2D eigenvalue weighted by Crippen LogP contribution is 2.28. The van der Waals surface area contributed by atoms with Gasteiger partial charge in [0.1, 0.15) is 25.2 Å². The van der Waals surface area contributed by atoms with Crippen LogP contribution in [0.15, 0.2) is 72.8 Å². The third kappa shape index (κ3) is 4.63. The molecule has 0 saturated heterocycles. The molecule has 0 aliphatic rings. The van der Waals surface area contributed by atoms with Crippen LogP contribution in [0.1, 0.15) is 21.5 Å². The summed E-state index contributed by atoms with van der Waals surface area (Å²) in [5.41, 5.74) is 2.65. The number of carbonyl (C=O) groups excluding carboxylic acids is 1. The lowest BCUT2D eigenvalue weighted by molar-refractivity contribution is 0.112. The van der Waals surface area contributed by atoms with Gasteiger partial charge in [0.25, 0.3) is 0 Å². The predicted octanol–water partition coefficient (Wildman–Crippen LogP) is 4.67. The van der Waals surface area contributed by atoms with Gasteiger partial charge in [0, 0.05) is 5.56 Å². The molecule has 3 aromatic rings. The molecule has 0 amide bonds. The van der Waals surface area contributed by atoms with Crippen LogP contribution in [0.3, 0.4) is 0 Å². The van der Waals surface area contributed by atoms with Gasteiger partial charge in [0.15, 0.2) is 11.5 Å². The number of benzene rings is 3. The van der Waals surface area contributed by atoms with Gasteiger partial charge in [-0.3, -0.25) is 4.79 Å². The van der Waals surface area contributed by atoms with E-state index in [0.29, 0.717) is 30.3 Å². The molecule has 4 heteroatoms. The summed E-state index contributed by atoms with van der Waals surface area (Å²) in [5.74, 6) is 1.91. The molecule has 0 unspecified atom stereocenters. The monoisotopic (exact) mass is 348 g/mol. The van der Waals surface area contributed by atoms with Crippen LogP contribution in [0.4, 0.5) is 0 Å². The van der Waals surface area contributed by atoms with E-state index in [1.807, 2.05) is 54.6 Å². The van der Waals surface area contributed by atoms with Gasteiger partial charge in [-0.05, 0) is 41.5 Å². The van der Waals surface area contributed by atoms with E-state index in [1.54, 1.807) is 25.3 Å². The minimum absolute atomic E-state index is 0.374. The van der Waals surface area contributed by atoms with Gasteiger partial charge < -0.3 is 14.2 Å². The summed E-state index contributed by atoms with van der Waals surface area (Å²) in [5, 5.41) is 0. The van der Waals surface area contributed by atoms with Crippen LogP contribution in [0, 0.1) is 0 Å². The first-order valence-corrected chi connectivity index (χ1v) is 8.30. The highest BCUT2D eigenvalue weighted by Gasteiger charge is 2.06. The number of hydrogen-bond donors (Lipinski definition) is 0. The minimum Gasteiger partial charge on any atom is -0.493 e. The van der Waals surface area contributed by atoms with Crippen molar-refractivity contribution < 1.29 is 19.0 Å². The summed E-state index contributed by atoms with van der Waals surface area (Å²) in [6.45, 7) is 0.894. The molecule has 0 aromatic heterocycles. The summed E-state index contributed by atoms with van der Waals surface area (Å²) >= 11 is 0. The van der Waals surface area contributed by atoms with Gasteiger partial charge in [-0.25, -0.2) is 0 Å². The summed E-state index contributed by atoms with van der Waals surface area (Å²) in [6.07, 6.45) is 0.778. The summed E-state index contributed by atoms with van der Waals surface area (Å²) < 4.78 is 17.0. The normalized spacial score (nSPS) is 10.2. The lowest BCUT2D eigenvalue weighted by atomic mass is 10.2. The Kier molecular flexibility index (Phi) is 5.88. The number of methoxy groups -OCH3 is 1. The van der Waals surface area contributed by atoms with Crippen LogP contribution in [0.5, 0.6) is 17.2 Å². The first-order valence-electron chi connectivity index (χ1n) is 8.30. The van der Waals surface area contributed by atoms with E-state index in [1.165, 1.54) is 0 Å². The van der Waals surface area contributed by atoms with Crippen LogP contribution in [0.25, 0.3) is 0 Å². The molecule has 0 heterocycles. The largest absolute Gasteiger partial charge is 0.493 e. The second-order valence-electron chi connectivity index (χ2n) is 5.74. The van der Waals surface area contributed by atoms with Crippen molar-refractivity contribution in [3.05, 3.63) is 89.5 Å². The van der Waals surface area contributed by atoms with Crippen molar-refractivity contribution in [3.63, 3.8) is 0 Å². The molecule has 0 fully saturated rings.